The number of halogens is 1. The van der Waals surface area contributed by atoms with E-state index in [-0.39, 0.29) is 11.5 Å². The third-order valence-corrected chi connectivity index (χ3v) is 4.60. The molecule has 1 fully saturated rings. The van der Waals surface area contributed by atoms with Crippen LogP contribution >= 0.6 is 11.6 Å². The van der Waals surface area contributed by atoms with Gasteiger partial charge in [-0.25, -0.2) is 0 Å². The van der Waals surface area contributed by atoms with Gasteiger partial charge in [0.1, 0.15) is 0 Å². The smallest absolute Gasteiger partial charge is 0.0834 e. The molecule has 18 heavy (non-hydrogen) atoms. The highest BCUT2D eigenvalue weighted by atomic mass is 35.5. The first kappa shape index (κ1) is 13.9. The van der Waals surface area contributed by atoms with Crippen molar-refractivity contribution < 1.29 is 0 Å². The molecule has 0 spiro atoms. The molecule has 1 heterocycles. The van der Waals surface area contributed by atoms with Crippen molar-refractivity contribution in [3.05, 3.63) is 16.9 Å². The molecular formula is C14H24ClN3. The van der Waals surface area contributed by atoms with E-state index >= 15 is 0 Å². The fraction of sp³-hybridized carbons (Fsp3) is 0.786. The van der Waals surface area contributed by atoms with E-state index in [1.807, 2.05) is 11.7 Å². The molecule has 4 heteroatoms. The van der Waals surface area contributed by atoms with E-state index in [2.05, 4.69) is 18.9 Å². The van der Waals surface area contributed by atoms with Gasteiger partial charge >= 0.3 is 0 Å². The lowest BCUT2D eigenvalue weighted by Crippen LogP contribution is -2.35. The molecule has 0 aromatic carbocycles. The molecule has 0 bridgehead atoms. The number of rotatable bonds is 4. The molecule has 2 N–H and O–H groups in total. The maximum absolute atomic E-state index is 6.58. The summed E-state index contributed by atoms with van der Waals surface area (Å²) in [5.74, 6) is 0.668. The van der Waals surface area contributed by atoms with Crippen LogP contribution in [0.3, 0.4) is 0 Å². The minimum Gasteiger partial charge on any atom is -0.322 e. The summed E-state index contributed by atoms with van der Waals surface area (Å²) in [4.78, 5) is 0. The zero-order valence-corrected chi connectivity index (χ0v) is 12.4. The lowest BCUT2D eigenvalue weighted by atomic mass is 9.72. The van der Waals surface area contributed by atoms with Gasteiger partial charge in [0.05, 0.1) is 23.0 Å². The van der Waals surface area contributed by atoms with E-state index in [0.717, 1.165) is 5.69 Å². The summed E-state index contributed by atoms with van der Waals surface area (Å²) in [6.07, 6.45) is 7.89. The van der Waals surface area contributed by atoms with Crippen LogP contribution in [-0.4, -0.2) is 9.78 Å². The Balaban J connectivity index is 2.31. The fourth-order valence-corrected chi connectivity index (χ4v) is 3.88. The Hall–Kier alpha value is -0.540. The molecule has 0 saturated heterocycles. The Labute approximate surface area is 115 Å². The minimum atomic E-state index is 0.00222. The van der Waals surface area contributed by atoms with Crippen LogP contribution in [0.25, 0.3) is 0 Å². The number of hydrogen-bond acceptors (Lipinski definition) is 2. The number of nitrogens with two attached hydrogens (primary N) is 1. The normalized spacial score (nSPS) is 20.6. The van der Waals surface area contributed by atoms with Gasteiger partial charge < -0.3 is 5.73 Å². The molecule has 2 rings (SSSR count). The van der Waals surface area contributed by atoms with Gasteiger partial charge in [-0.3, -0.25) is 4.68 Å². The SMILES string of the molecule is CC(C)CC1(C(N)c2c(Cl)cnn2C)CCCC1. The second kappa shape index (κ2) is 5.22. The van der Waals surface area contributed by atoms with Gasteiger partial charge in [-0.2, -0.15) is 5.10 Å². The van der Waals surface area contributed by atoms with E-state index < -0.39 is 0 Å². The van der Waals surface area contributed by atoms with Gasteiger partial charge in [0.25, 0.3) is 0 Å². The van der Waals surface area contributed by atoms with Crippen molar-refractivity contribution in [2.45, 2.75) is 52.0 Å². The molecule has 1 atom stereocenters. The predicted octanol–water partition coefficient (Wildman–Crippen LogP) is 3.68. The number of nitrogens with zero attached hydrogens (tertiary/aromatic N) is 2. The Kier molecular flexibility index (Phi) is 4.02. The molecule has 1 unspecified atom stereocenters. The highest BCUT2D eigenvalue weighted by Crippen LogP contribution is 2.51. The summed E-state index contributed by atoms with van der Waals surface area (Å²) in [6.45, 7) is 4.55. The summed E-state index contributed by atoms with van der Waals surface area (Å²) in [7, 11) is 1.93. The summed E-state index contributed by atoms with van der Waals surface area (Å²) in [5, 5.41) is 4.93. The van der Waals surface area contributed by atoms with Gasteiger partial charge in [0.2, 0.25) is 0 Å². The van der Waals surface area contributed by atoms with E-state index in [9.17, 15) is 0 Å². The van der Waals surface area contributed by atoms with Gasteiger partial charge in [-0.1, -0.05) is 38.3 Å². The Morgan fingerprint density at radius 1 is 1.44 bits per heavy atom. The van der Waals surface area contributed by atoms with Crippen LogP contribution in [0.5, 0.6) is 0 Å². The van der Waals surface area contributed by atoms with Crippen LogP contribution in [-0.2, 0) is 7.05 Å². The predicted molar refractivity (Wildman–Crippen MR) is 75.5 cm³/mol. The van der Waals surface area contributed by atoms with E-state index in [0.29, 0.717) is 10.9 Å². The van der Waals surface area contributed by atoms with Gasteiger partial charge in [-0.15, -0.1) is 0 Å². The molecule has 0 aliphatic heterocycles. The van der Waals surface area contributed by atoms with E-state index in [1.54, 1.807) is 6.20 Å². The summed E-state index contributed by atoms with van der Waals surface area (Å²) in [5.41, 5.74) is 7.80. The maximum atomic E-state index is 6.58. The maximum Gasteiger partial charge on any atom is 0.0834 e. The van der Waals surface area contributed by atoms with Gasteiger partial charge in [-0.05, 0) is 30.6 Å². The second-order valence-electron chi connectivity index (χ2n) is 6.15. The molecule has 1 aromatic rings. The largest absolute Gasteiger partial charge is 0.322 e. The highest BCUT2D eigenvalue weighted by Gasteiger charge is 2.42. The molecule has 102 valence electrons. The molecule has 3 nitrogen and oxygen atoms in total. The number of aromatic nitrogens is 2. The zero-order valence-electron chi connectivity index (χ0n) is 11.6. The standard InChI is InChI=1S/C14H24ClN3/c1-10(2)8-14(6-4-5-7-14)13(16)12-11(15)9-17-18(12)3/h9-10,13H,4-8,16H2,1-3H3. The first-order valence-electron chi connectivity index (χ1n) is 6.89. The minimum absolute atomic E-state index is 0.00222. The van der Waals surface area contributed by atoms with Crippen molar-refractivity contribution in [3.8, 4) is 0 Å². The third kappa shape index (κ3) is 2.43. The molecule has 0 radical (unpaired) electrons. The molecule has 0 amide bonds. The average molecular weight is 270 g/mol. The van der Waals surface area contributed by atoms with Crippen molar-refractivity contribution >= 4 is 11.6 Å². The fourth-order valence-electron chi connectivity index (χ4n) is 3.59. The molecule has 1 aliphatic rings. The monoisotopic (exact) mass is 269 g/mol. The Morgan fingerprint density at radius 2 is 2.06 bits per heavy atom. The second-order valence-corrected chi connectivity index (χ2v) is 6.55. The van der Waals surface area contributed by atoms with Crippen LogP contribution < -0.4 is 5.73 Å². The van der Waals surface area contributed by atoms with Crippen molar-refractivity contribution in [1.29, 1.82) is 0 Å². The Bertz CT molecular complexity index is 386. The average Bonchev–Trinajstić information content (AvgIpc) is 2.86. The van der Waals surface area contributed by atoms with E-state index in [4.69, 9.17) is 17.3 Å². The van der Waals surface area contributed by atoms with Crippen molar-refractivity contribution in [2.24, 2.45) is 24.1 Å². The molecule has 1 aliphatic carbocycles. The summed E-state index contributed by atoms with van der Waals surface area (Å²) in [6, 6.07) is 0.00222. The molecule has 1 aromatic heterocycles. The highest BCUT2D eigenvalue weighted by molar-refractivity contribution is 6.31. The quantitative estimate of drug-likeness (QED) is 0.906. The lowest BCUT2D eigenvalue weighted by molar-refractivity contribution is 0.178. The van der Waals surface area contributed by atoms with Crippen LogP contribution in [0.4, 0.5) is 0 Å². The first-order chi connectivity index (χ1) is 8.46. The van der Waals surface area contributed by atoms with Crippen molar-refractivity contribution in [1.82, 2.24) is 9.78 Å². The number of aryl methyl sites for hydroxylation is 1. The van der Waals surface area contributed by atoms with E-state index in [1.165, 1.54) is 32.1 Å². The van der Waals surface area contributed by atoms with Gasteiger partial charge in [0.15, 0.2) is 0 Å². The third-order valence-electron chi connectivity index (χ3n) is 4.31. The Morgan fingerprint density at radius 3 is 2.50 bits per heavy atom. The van der Waals surface area contributed by atoms with Crippen molar-refractivity contribution in [3.63, 3.8) is 0 Å². The summed E-state index contributed by atoms with van der Waals surface area (Å²) >= 11 is 6.25. The van der Waals surface area contributed by atoms with Crippen LogP contribution in [0.1, 0.15) is 57.7 Å². The van der Waals surface area contributed by atoms with Crippen LogP contribution in [0, 0.1) is 11.3 Å². The molecule has 1 saturated carbocycles. The number of hydrogen-bond donors (Lipinski definition) is 1. The first-order valence-corrected chi connectivity index (χ1v) is 7.27. The van der Waals surface area contributed by atoms with Crippen LogP contribution in [0.15, 0.2) is 6.20 Å². The lowest BCUT2D eigenvalue weighted by Gasteiger charge is -2.37. The topological polar surface area (TPSA) is 43.8 Å². The molecular weight excluding hydrogens is 246 g/mol. The van der Waals surface area contributed by atoms with Crippen molar-refractivity contribution in [2.75, 3.05) is 0 Å². The zero-order chi connectivity index (χ0) is 13.3. The van der Waals surface area contributed by atoms with Crippen LogP contribution in [0.2, 0.25) is 5.02 Å². The van der Waals surface area contributed by atoms with Gasteiger partial charge in [0, 0.05) is 7.05 Å². The summed E-state index contributed by atoms with van der Waals surface area (Å²) < 4.78 is 1.84.